The summed E-state index contributed by atoms with van der Waals surface area (Å²) in [6.07, 6.45) is 2.17. The molecule has 1 aliphatic rings. The van der Waals surface area contributed by atoms with Gasteiger partial charge in [-0.15, -0.1) is 0 Å². The van der Waals surface area contributed by atoms with Crippen molar-refractivity contribution in [1.82, 2.24) is 9.80 Å². The third kappa shape index (κ3) is 4.98. The highest BCUT2D eigenvalue weighted by atomic mass is 16.5. The monoisotopic (exact) mass is 332 g/mol. The molecule has 1 heterocycles. The number of nitrogens with zero attached hydrogens (tertiary/aromatic N) is 2. The first kappa shape index (κ1) is 18.3. The van der Waals surface area contributed by atoms with Crippen LogP contribution < -0.4 is 4.74 Å². The smallest absolute Gasteiger partial charge is 0.260 e. The lowest BCUT2D eigenvalue weighted by molar-refractivity contribution is -0.142. The highest BCUT2D eigenvalue weighted by molar-refractivity contribution is 5.80. The normalized spacial score (nSPS) is 14.8. The summed E-state index contributed by atoms with van der Waals surface area (Å²) < 4.78 is 5.59. The molecule has 1 saturated heterocycles. The van der Waals surface area contributed by atoms with Crippen molar-refractivity contribution >= 4 is 11.8 Å². The van der Waals surface area contributed by atoms with E-state index in [1.807, 2.05) is 43.0 Å². The SMILES string of the molecule is CCCc1ccc(OCC(=O)N2CCN(C(=O)C(C)C)CC2)cc1. The van der Waals surface area contributed by atoms with Gasteiger partial charge in [-0.05, 0) is 24.1 Å². The summed E-state index contributed by atoms with van der Waals surface area (Å²) in [5.41, 5.74) is 1.28. The van der Waals surface area contributed by atoms with E-state index in [4.69, 9.17) is 4.74 Å². The molecule has 1 aliphatic heterocycles. The summed E-state index contributed by atoms with van der Waals surface area (Å²) in [6.45, 7) is 8.37. The molecule has 0 radical (unpaired) electrons. The van der Waals surface area contributed by atoms with E-state index >= 15 is 0 Å². The van der Waals surface area contributed by atoms with Crippen molar-refractivity contribution in [3.8, 4) is 5.75 Å². The van der Waals surface area contributed by atoms with E-state index in [-0.39, 0.29) is 24.3 Å². The minimum atomic E-state index is -0.0238. The van der Waals surface area contributed by atoms with Gasteiger partial charge in [0.2, 0.25) is 5.91 Å². The molecule has 0 unspecified atom stereocenters. The summed E-state index contributed by atoms with van der Waals surface area (Å²) in [6, 6.07) is 7.91. The van der Waals surface area contributed by atoms with Gasteiger partial charge in [0.05, 0.1) is 0 Å². The number of aryl methyl sites for hydroxylation is 1. The lowest BCUT2D eigenvalue weighted by Crippen LogP contribution is -2.52. The van der Waals surface area contributed by atoms with Gasteiger partial charge < -0.3 is 14.5 Å². The van der Waals surface area contributed by atoms with E-state index in [1.54, 1.807) is 4.90 Å². The molecule has 0 saturated carbocycles. The van der Waals surface area contributed by atoms with Crippen LogP contribution in [-0.2, 0) is 16.0 Å². The Labute approximate surface area is 144 Å². The van der Waals surface area contributed by atoms with Gasteiger partial charge >= 0.3 is 0 Å². The molecule has 2 amide bonds. The molecule has 0 aliphatic carbocycles. The largest absolute Gasteiger partial charge is 0.484 e. The number of piperazine rings is 1. The van der Waals surface area contributed by atoms with Crippen LogP contribution in [0.4, 0.5) is 0 Å². The van der Waals surface area contributed by atoms with Crippen LogP contribution in [0.1, 0.15) is 32.8 Å². The molecule has 0 N–H and O–H groups in total. The van der Waals surface area contributed by atoms with Crippen molar-refractivity contribution in [3.05, 3.63) is 29.8 Å². The minimum absolute atomic E-state index is 0.00580. The molecule has 0 atom stereocenters. The summed E-state index contributed by atoms with van der Waals surface area (Å²) in [5, 5.41) is 0. The fourth-order valence-electron chi connectivity index (χ4n) is 2.82. The molecule has 1 aromatic carbocycles. The molecular formula is C19H28N2O3. The number of hydrogen-bond donors (Lipinski definition) is 0. The van der Waals surface area contributed by atoms with E-state index in [1.165, 1.54) is 5.56 Å². The molecule has 1 fully saturated rings. The molecule has 5 heteroatoms. The highest BCUT2D eigenvalue weighted by Crippen LogP contribution is 2.14. The van der Waals surface area contributed by atoms with Gasteiger partial charge in [0, 0.05) is 32.1 Å². The van der Waals surface area contributed by atoms with Crippen molar-refractivity contribution in [1.29, 1.82) is 0 Å². The average molecular weight is 332 g/mol. The lowest BCUT2D eigenvalue weighted by atomic mass is 10.1. The van der Waals surface area contributed by atoms with Crippen LogP contribution in [0.3, 0.4) is 0 Å². The number of rotatable bonds is 6. The van der Waals surface area contributed by atoms with Gasteiger partial charge in [-0.2, -0.15) is 0 Å². The van der Waals surface area contributed by atoms with Crippen LogP contribution in [0.25, 0.3) is 0 Å². The van der Waals surface area contributed by atoms with Gasteiger partial charge in [0.15, 0.2) is 6.61 Å². The summed E-state index contributed by atoms with van der Waals surface area (Å²) in [7, 11) is 0. The van der Waals surface area contributed by atoms with Crippen molar-refractivity contribution < 1.29 is 14.3 Å². The number of amides is 2. The second-order valence-corrected chi connectivity index (χ2v) is 6.54. The molecule has 2 rings (SSSR count). The first-order valence-corrected chi connectivity index (χ1v) is 8.79. The Balaban J connectivity index is 1.76. The predicted molar refractivity (Wildman–Crippen MR) is 93.9 cm³/mol. The predicted octanol–water partition coefficient (Wildman–Crippen LogP) is 2.34. The topological polar surface area (TPSA) is 49.9 Å². The summed E-state index contributed by atoms with van der Waals surface area (Å²) in [4.78, 5) is 27.8. The molecular weight excluding hydrogens is 304 g/mol. The zero-order valence-corrected chi connectivity index (χ0v) is 15.0. The Hall–Kier alpha value is -2.04. The minimum Gasteiger partial charge on any atom is -0.484 e. The summed E-state index contributed by atoms with van der Waals surface area (Å²) in [5.74, 6) is 0.859. The third-order valence-corrected chi connectivity index (χ3v) is 4.26. The number of carbonyl (C=O) groups is 2. The third-order valence-electron chi connectivity index (χ3n) is 4.26. The zero-order chi connectivity index (χ0) is 17.5. The Morgan fingerprint density at radius 2 is 1.62 bits per heavy atom. The Morgan fingerprint density at radius 3 is 2.17 bits per heavy atom. The Bertz CT molecular complexity index is 546. The van der Waals surface area contributed by atoms with Gasteiger partial charge in [-0.25, -0.2) is 0 Å². The standard InChI is InChI=1S/C19H28N2O3/c1-4-5-16-6-8-17(9-7-16)24-14-18(22)20-10-12-21(13-11-20)19(23)15(2)3/h6-9,15H,4-5,10-14H2,1-3H3. The van der Waals surface area contributed by atoms with Crippen LogP contribution >= 0.6 is 0 Å². The molecule has 1 aromatic rings. The van der Waals surface area contributed by atoms with E-state index in [0.717, 1.165) is 18.6 Å². The maximum atomic E-state index is 12.2. The maximum Gasteiger partial charge on any atom is 0.260 e. The van der Waals surface area contributed by atoms with E-state index < -0.39 is 0 Å². The first-order valence-electron chi connectivity index (χ1n) is 8.79. The van der Waals surface area contributed by atoms with Crippen LogP contribution in [0, 0.1) is 5.92 Å². The fraction of sp³-hybridized carbons (Fsp3) is 0.579. The number of ether oxygens (including phenoxy) is 1. The Kier molecular flexibility index (Phi) is 6.64. The molecule has 0 bridgehead atoms. The van der Waals surface area contributed by atoms with Gasteiger partial charge in [-0.3, -0.25) is 9.59 Å². The molecule has 5 nitrogen and oxygen atoms in total. The van der Waals surface area contributed by atoms with Crippen molar-refractivity contribution in [2.75, 3.05) is 32.8 Å². The quantitative estimate of drug-likeness (QED) is 0.803. The number of hydrogen-bond acceptors (Lipinski definition) is 3. The highest BCUT2D eigenvalue weighted by Gasteiger charge is 2.25. The number of benzene rings is 1. The van der Waals surface area contributed by atoms with Gasteiger partial charge in [0.1, 0.15) is 5.75 Å². The van der Waals surface area contributed by atoms with Gasteiger partial charge in [-0.1, -0.05) is 39.3 Å². The lowest BCUT2D eigenvalue weighted by Gasteiger charge is -2.35. The molecule has 0 aromatic heterocycles. The molecule has 0 spiro atoms. The van der Waals surface area contributed by atoms with E-state index in [2.05, 4.69) is 6.92 Å². The van der Waals surface area contributed by atoms with E-state index in [9.17, 15) is 9.59 Å². The average Bonchev–Trinajstić information content (AvgIpc) is 2.60. The van der Waals surface area contributed by atoms with Crippen molar-refractivity contribution in [3.63, 3.8) is 0 Å². The molecule has 24 heavy (non-hydrogen) atoms. The maximum absolute atomic E-state index is 12.2. The fourth-order valence-corrected chi connectivity index (χ4v) is 2.82. The summed E-state index contributed by atoms with van der Waals surface area (Å²) >= 11 is 0. The number of carbonyl (C=O) groups excluding carboxylic acids is 2. The van der Waals surface area contributed by atoms with Crippen LogP contribution in [0.15, 0.2) is 24.3 Å². The van der Waals surface area contributed by atoms with Crippen LogP contribution in [0.2, 0.25) is 0 Å². The van der Waals surface area contributed by atoms with Crippen molar-refractivity contribution in [2.24, 2.45) is 5.92 Å². The van der Waals surface area contributed by atoms with Gasteiger partial charge in [0.25, 0.3) is 5.91 Å². The second kappa shape index (κ2) is 8.71. The van der Waals surface area contributed by atoms with Crippen LogP contribution in [-0.4, -0.2) is 54.4 Å². The zero-order valence-electron chi connectivity index (χ0n) is 15.0. The molecule has 132 valence electrons. The van der Waals surface area contributed by atoms with Crippen molar-refractivity contribution in [2.45, 2.75) is 33.6 Å². The van der Waals surface area contributed by atoms with E-state index in [0.29, 0.717) is 26.2 Å². The van der Waals surface area contributed by atoms with Crippen LogP contribution in [0.5, 0.6) is 5.75 Å². The first-order chi connectivity index (χ1) is 11.5. The Morgan fingerprint density at radius 1 is 1.04 bits per heavy atom. The second-order valence-electron chi connectivity index (χ2n) is 6.54.